The number of amides is 1. The van der Waals surface area contributed by atoms with E-state index >= 15 is 0 Å². The van der Waals surface area contributed by atoms with E-state index in [2.05, 4.69) is 5.10 Å². The second-order valence-corrected chi connectivity index (χ2v) is 4.35. The lowest BCUT2D eigenvalue weighted by atomic mass is 10.0. The van der Waals surface area contributed by atoms with Crippen LogP contribution in [0, 0.1) is 6.92 Å². The number of nitrogens with two attached hydrogens (primary N) is 1. The molecule has 0 aliphatic carbocycles. The number of nitrogens with one attached hydrogen (secondary N) is 1. The summed E-state index contributed by atoms with van der Waals surface area (Å²) >= 11 is 0. The molecule has 1 atom stereocenters. The standard InChI is InChI=1S/C10H13F3N4O3/c1-4-5(6(14)18)7(17(3)16-4)15-9(2,8(19)20)10(11,12)13/h15H,1-3H3,(H2,14,18)(H,19,20). The number of hydrogen-bond acceptors (Lipinski definition) is 4. The lowest BCUT2D eigenvalue weighted by Crippen LogP contribution is -2.56. The quantitative estimate of drug-likeness (QED) is 0.755. The van der Waals surface area contributed by atoms with Gasteiger partial charge < -0.3 is 16.2 Å². The minimum absolute atomic E-state index is 0.0948. The molecule has 4 N–H and O–H groups in total. The Morgan fingerprint density at radius 3 is 2.25 bits per heavy atom. The highest BCUT2D eigenvalue weighted by Crippen LogP contribution is 2.34. The van der Waals surface area contributed by atoms with Gasteiger partial charge in [0.1, 0.15) is 11.4 Å². The van der Waals surface area contributed by atoms with Crippen LogP contribution in [0.15, 0.2) is 0 Å². The first-order valence-electron chi connectivity index (χ1n) is 5.33. The van der Waals surface area contributed by atoms with Gasteiger partial charge in [0, 0.05) is 7.05 Å². The Morgan fingerprint density at radius 2 is 1.90 bits per heavy atom. The molecule has 0 bridgehead atoms. The number of rotatable bonds is 4. The number of carbonyl (C=O) groups is 2. The summed E-state index contributed by atoms with van der Waals surface area (Å²) in [5.74, 6) is -3.55. The third kappa shape index (κ3) is 2.40. The van der Waals surface area contributed by atoms with Gasteiger partial charge in [-0.25, -0.2) is 4.79 Å². The molecule has 0 fully saturated rings. The molecule has 1 amide bonds. The zero-order valence-electron chi connectivity index (χ0n) is 10.9. The highest BCUT2D eigenvalue weighted by Gasteiger charge is 2.58. The number of primary amides is 1. The predicted molar refractivity (Wildman–Crippen MR) is 62.2 cm³/mol. The van der Waals surface area contributed by atoms with E-state index in [9.17, 15) is 22.8 Å². The Balaban J connectivity index is 3.41. The number of aromatic nitrogens is 2. The minimum atomic E-state index is -5.09. The zero-order valence-corrected chi connectivity index (χ0v) is 10.9. The van der Waals surface area contributed by atoms with Crippen molar-refractivity contribution in [3.8, 4) is 0 Å². The Labute approximate surface area is 111 Å². The number of aliphatic carboxylic acids is 1. The van der Waals surface area contributed by atoms with Crippen molar-refractivity contribution in [1.29, 1.82) is 0 Å². The molecule has 0 spiro atoms. The van der Waals surface area contributed by atoms with Gasteiger partial charge in [-0.1, -0.05) is 0 Å². The van der Waals surface area contributed by atoms with Crippen LogP contribution in [0.25, 0.3) is 0 Å². The van der Waals surface area contributed by atoms with Crippen molar-refractivity contribution in [1.82, 2.24) is 9.78 Å². The summed E-state index contributed by atoms with van der Waals surface area (Å²) in [6.45, 7) is 1.82. The first-order valence-corrected chi connectivity index (χ1v) is 5.33. The van der Waals surface area contributed by atoms with Gasteiger partial charge in [-0.2, -0.15) is 18.3 Å². The van der Waals surface area contributed by atoms with Gasteiger partial charge in [-0.3, -0.25) is 9.48 Å². The monoisotopic (exact) mass is 294 g/mol. The van der Waals surface area contributed by atoms with Crippen molar-refractivity contribution in [2.45, 2.75) is 25.6 Å². The van der Waals surface area contributed by atoms with Crippen LogP contribution in [-0.4, -0.2) is 38.5 Å². The Kier molecular flexibility index (Phi) is 3.70. The average molecular weight is 294 g/mol. The molecule has 0 aliphatic heterocycles. The molecule has 0 aromatic carbocycles. The largest absolute Gasteiger partial charge is 0.479 e. The molecule has 0 radical (unpaired) electrons. The summed E-state index contributed by atoms with van der Waals surface area (Å²) in [5, 5.41) is 14.4. The molecule has 1 aromatic rings. The predicted octanol–water partition coefficient (Wildman–Crippen LogP) is 0.645. The Bertz CT molecular complexity index is 567. The third-order valence-corrected chi connectivity index (χ3v) is 2.83. The van der Waals surface area contributed by atoms with E-state index in [4.69, 9.17) is 10.8 Å². The zero-order chi connectivity index (χ0) is 15.9. The highest BCUT2D eigenvalue weighted by atomic mass is 19.4. The number of anilines is 1. The van der Waals surface area contributed by atoms with Crippen molar-refractivity contribution in [3.05, 3.63) is 11.3 Å². The molecule has 10 heteroatoms. The van der Waals surface area contributed by atoms with Gasteiger partial charge in [0.05, 0.1) is 5.69 Å². The van der Waals surface area contributed by atoms with Crippen LogP contribution in [0.2, 0.25) is 0 Å². The van der Waals surface area contributed by atoms with E-state index in [1.54, 1.807) is 0 Å². The SMILES string of the molecule is Cc1nn(C)c(NC(C)(C(=O)O)C(F)(F)F)c1C(N)=O. The summed E-state index contributed by atoms with van der Waals surface area (Å²) in [7, 11) is 1.26. The van der Waals surface area contributed by atoms with Crippen LogP contribution in [0.4, 0.5) is 19.0 Å². The number of alkyl halides is 3. The molecular weight excluding hydrogens is 281 g/mol. The highest BCUT2D eigenvalue weighted by molar-refractivity contribution is 5.99. The van der Waals surface area contributed by atoms with Crippen LogP contribution in [0.5, 0.6) is 0 Å². The van der Waals surface area contributed by atoms with Crippen molar-refractivity contribution in [2.75, 3.05) is 5.32 Å². The van der Waals surface area contributed by atoms with Gasteiger partial charge >= 0.3 is 12.1 Å². The molecule has 112 valence electrons. The topological polar surface area (TPSA) is 110 Å². The number of carboxylic acid groups (broad SMARTS) is 1. The normalized spacial score (nSPS) is 14.7. The van der Waals surface area contributed by atoms with Crippen LogP contribution in [-0.2, 0) is 11.8 Å². The van der Waals surface area contributed by atoms with E-state index < -0.39 is 29.4 Å². The number of aryl methyl sites for hydroxylation is 2. The van der Waals surface area contributed by atoms with E-state index in [-0.39, 0.29) is 11.3 Å². The van der Waals surface area contributed by atoms with Crippen LogP contribution >= 0.6 is 0 Å². The maximum Gasteiger partial charge on any atom is 0.422 e. The first kappa shape index (κ1) is 15.8. The Hall–Kier alpha value is -2.26. The fourth-order valence-electron chi connectivity index (χ4n) is 1.58. The minimum Gasteiger partial charge on any atom is -0.479 e. The lowest BCUT2D eigenvalue weighted by Gasteiger charge is -2.29. The number of nitrogens with zero attached hydrogens (tertiary/aromatic N) is 2. The molecule has 7 nitrogen and oxygen atoms in total. The van der Waals surface area contributed by atoms with Crippen molar-refractivity contribution in [3.63, 3.8) is 0 Å². The van der Waals surface area contributed by atoms with Gasteiger partial charge in [0.25, 0.3) is 5.91 Å². The van der Waals surface area contributed by atoms with E-state index in [1.165, 1.54) is 14.0 Å². The lowest BCUT2D eigenvalue weighted by molar-refractivity contribution is -0.193. The number of carboxylic acids is 1. The maximum atomic E-state index is 12.9. The van der Waals surface area contributed by atoms with Gasteiger partial charge in [-0.05, 0) is 13.8 Å². The summed E-state index contributed by atoms with van der Waals surface area (Å²) in [6, 6.07) is 0. The second-order valence-electron chi connectivity index (χ2n) is 4.35. The smallest absolute Gasteiger partial charge is 0.422 e. The van der Waals surface area contributed by atoms with Crippen molar-refractivity contribution < 1.29 is 27.9 Å². The van der Waals surface area contributed by atoms with Crippen LogP contribution in [0.3, 0.4) is 0 Å². The van der Waals surface area contributed by atoms with Crippen LogP contribution < -0.4 is 11.1 Å². The summed E-state index contributed by atoms with van der Waals surface area (Å²) in [4.78, 5) is 22.2. The van der Waals surface area contributed by atoms with Gasteiger partial charge in [-0.15, -0.1) is 0 Å². The third-order valence-electron chi connectivity index (χ3n) is 2.83. The molecular formula is C10H13F3N4O3. The summed E-state index contributed by atoms with van der Waals surface area (Å²) in [5.41, 5.74) is 1.60. The van der Waals surface area contributed by atoms with E-state index in [1.807, 2.05) is 5.32 Å². The van der Waals surface area contributed by atoms with Crippen molar-refractivity contribution in [2.24, 2.45) is 12.8 Å². The molecule has 0 aliphatic rings. The maximum absolute atomic E-state index is 12.9. The number of hydrogen-bond donors (Lipinski definition) is 3. The van der Waals surface area contributed by atoms with Crippen LogP contribution in [0.1, 0.15) is 23.0 Å². The molecule has 0 saturated heterocycles. The van der Waals surface area contributed by atoms with E-state index in [0.29, 0.717) is 6.92 Å². The Morgan fingerprint density at radius 1 is 1.40 bits per heavy atom. The molecule has 1 aromatic heterocycles. The summed E-state index contributed by atoms with van der Waals surface area (Å²) in [6.07, 6.45) is -5.09. The molecule has 1 heterocycles. The average Bonchev–Trinajstić information content (AvgIpc) is 2.51. The van der Waals surface area contributed by atoms with Crippen molar-refractivity contribution >= 4 is 17.7 Å². The second kappa shape index (κ2) is 4.69. The number of halogens is 3. The van der Waals surface area contributed by atoms with Gasteiger partial charge in [0.2, 0.25) is 5.54 Å². The fraction of sp³-hybridized carbons (Fsp3) is 0.500. The molecule has 0 saturated carbocycles. The van der Waals surface area contributed by atoms with E-state index in [0.717, 1.165) is 4.68 Å². The fourth-order valence-corrected chi connectivity index (χ4v) is 1.58. The number of carbonyl (C=O) groups excluding carboxylic acids is 1. The molecule has 1 unspecified atom stereocenters. The first-order chi connectivity index (χ1) is 8.91. The molecule has 20 heavy (non-hydrogen) atoms. The molecule has 1 rings (SSSR count). The van der Waals surface area contributed by atoms with Gasteiger partial charge in [0.15, 0.2) is 0 Å². The summed E-state index contributed by atoms with van der Waals surface area (Å²) < 4.78 is 39.7.